The third-order valence-corrected chi connectivity index (χ3v) is 5.71. The number of carbonyl (C=O) groups excluding carboxylic acids is 1. The number of hydrogen-bond donors (Lipinski definition) is 3. The third-order valence-electron chi connectivity index (χ3n) is 5.71. The number of nitrogens with one attached hydrogen (secondary N) is 2. The molecular weight excluding hydrogens is 418 g/mol. The van der Waals surface area contributed by atoms with E-state index in [9.17, 15) is 4.79 Å². The number of piperidine rings is 1. The summed E-state index contributed by atoms with van der Waals surface area (Å²) in [6.45, 7) is 2.78. The minimum absolute atomic E-state index is 0.447. The quantitative estimate of drug-likeness (QED) is 0.402. The zero-order chi connectivity index (χ0) is 22.6. The van der Waals surface area contributed by atoms with E-state index < -0.39 is 5.91 Å². The van der Waals surface area contributed by atoms with Crippen LogP contribution in [-0.4, -0.2) is 45.2 Å². The maximum atomic E-state index is 11.3. The Kier molecular flexibility index (Phi) is 5.86. The minimum atomic E-state index is -0.464. The molecule has 0 saturated carbocycles. The summed E-state index contributed by atoms with van der Waals surface area (Å²) in [5.41, 5.74) is 8.33. The number of primary amides is 1. The molecule has 1 atom stereocenters. The number of nitrogens with zero attached hydrogens (tertiary/aromatic N) is 4. The minimum Gasteiger partial charge on any atom is -0.493 e. The Bertz CT molecular complexity index is 1260. The van der Waals surface area contributed by atoms with Crippen LogP contribution in [-0.2, 0) is 0 Å². The van der Waals surface area contributed by atoms with Crippen LogP contribution in [0, 0.1) is 5.92 Å². The van der Waals surface area contributed by atoms with E-state index in [1.807, 2.05) is 30.3 Å². The zero-order valence-corrected chi connectivity index (χ0v) is 18.1. The van der Waals surface area contributed by atoms with E-state index in [0.29, 0.717) is 29.7 Å². The maximum Gasteiger partial charge on any atom is 0.254 e. The van der Waals surface area contributed by atoms with E-state index >= 15 is 0 Å². The van der Waals surface area contributed by atoms with Crippen molar-refractivity contribution < 1.29 is 9.53 Å². The molecule has 1 saturated heterocycles. The lowest BCUT2D eigenvalue weighted by Gasteiger charge is -2.22. The van der Waals surface area contributed by atoms with Gasteiger partial charge in [-0.25, -0.2) is 0 Å². The fourth-order valence-corrected chi connectivity index (χ4v) is 3.97. The van der Waals surface area contributed by atoms with Crippen LogP contribution < -0.4 is 21.1 Å². The summed E-state index contributed by atoms with van der Waals surface area (Å²) in [5, 5.41) is 11.0. The van der Waals surface area contributed by atoms with Crippen molar-refractivity contribution in [1.29, 1.82) is 0 Å². The first-order valence-corrected chi connectivity index (χ1v) is 11.0. The van der Waals surface area contributed by atoms with Crippen molar-refractivity contribution in [1.82, 2.24) is 24.9 Å². The largest absolute Gasteiger partial charge is 0.493 e. The van der Waals surface area contributed by atoms with Gasteiger partial charge in [-0.2, -0.15) is 19.6 Å². The number of aromatic nitrogens is 4. The highest BCUT2D eigenvalue weighted by Gasteiger charge is 2.15. The number of ether oxygens (including phenoxy) is 1. The molecule has 1 unspecified atom stereocenters. The Hall–Kier alpha value is -3.98. The molecule has 1 fully saturated rings. The normalized spacial score (nSPS) is 15.9. The van der Waals surface area contributed by atoms with Crippen LogP contribution in [0.4, 0.5) is 11.5 Å². The summed E-state index contributed by atoms with van der Waals surface area (Å²) in [6, 6.07) is 16.8. The molecule has 0 spiro atoms. The molecule has 2 aromatic heterocycles. The van der Waals surface area contributed by atoms with Gasteiger partial charge in [-0.05, 0) is 55.8 Å². The highest BCUT2D eigenvalue weighted by molar-refractivity contribution is 5.93. The van der Waals surface area contributed by atoms with Crippen molar-refractivity contribution in [2.24, 2.45) is 11.7 Å². The van der Waals surface area contributed by atoms with E-state index in [-0.39, 0.29) is 0 Å². The van der Waals surface area contributed by atoms with Gasteiger partial charge in [0.05, 0.1) is 12.3 Å². The fourth-order valence-electron chi connectivity index (χ4n) is 3.97. The average molecular weight is 444 g/mol. The molecule has 5 rings (SSSR count). The maximum absolute atomic E-state index is 11.3. The fraction of sp³-hybridized carbons (Fsp3) is 0.250. The van der Waals surface area contributed by atoms with Gasteiger partial charge < -0.3 is 21.1 Å². The third kappa shape index (κ3) is 4.78. The summed E-state index contributed by atoms with van der Waals surface area (Å²) < 4.78 is 7.80. The summed E-state index contributed by atoms with van der Waals surface area (Å²) in [5.74, 6) is 1.97. The smallest absolute Gasteiger partial charge is 0.254 e. The monoisotopic (exact) mass is 443 g/mol. The van der Waals surface area contributed by atoms with Gasteiger partial charge >= 0.3 is 0 Å². The number of nitrogens with two attached hydrogens (primary N) is 1. The molecule has 1 aliphatic rings. The SMILES string of the molecule is NC(=O)c1ccc(Nc2cc(-c3cccc(OCC4CCCNC4)c3)n3ncnc3n2)cc1. The van der Waals surface area contributed by atoms with Gasteiger partial charge in [0, 0.05) is 35.3 Å². The number of fused-ring (bicyclic) bond motifs is 1. The number of rotatable bonds is 7. The first-order valence-electron chi connectivity index (χ1n) is 11.0. The second-order valence-electron chi connectivity index (χ2n) is 8.12. The second kappa shape index (κ2) is 9.25. The van der Waals surface area contributed by atoms with Crippen molar-refractivity contribution in [3.63, 3.8) is 0 Å². The Balaban J connectivity index is 1.40. The molecule has 1 amide bonds. The Labute approximate surface area is 191 Å². The van der Waals surface area contributed by atoms with Crippen LogP contribution in [0.25, 0.3) is 17.0 Å². The van der Waals surface area contributed by atoms with E-state index in [0.717, 1.165) is 35.8 Å². The Morgan fingerprint density at radius 2 is 2.09 bits per heavy atom. The van der Waals surface area contributed by atoms with Crippen LogP contribution in [0.15, 0.2) is 60.9 Å². The van der Waals surface area contributed by atoms with E-state index in [2.05, 4.69) is 25.7 Å². The molecule has 33 heavy (non-hydrogen) atoms. The molecule has 4 aromatic rings. The molecule has 168 valence electrons. The summed E-state index contributed by atoms with van der Waals surface area (Å²) in [4.78, 5) is 20.1. The van der Waals surface area contributed by atoms with Crippen LogP contribution in [0.2, 0.25) is 0 Å². The Morgan fingerprint density at radius 1 is 1.21 bits per heavy atom. The van der Waals surface area contributed by atoms with Gasteiger partial charge in [-0.3, -0.25) is 4.79 Å². The predicted molar refractivity (Wildman–Crippen MR) is 126 cm³/mol. The van der Waals surface area contributed by atoms with Crippen molar-refractivity contribution in [2.75, 3.05) is 25.0 Å². The molecule has 2 aromatic carbocycles. The topological polar surface area (TPSA) is 119 Å². The van der Waals surface area contributed by atoms with Gasteiger partial charge in [0.2, 0.25) is 5.91 Å². The summed E-state index contributed by atoms with van der Waals surface area (Å²) in [6.07, 6.45) is 3.86. The Morgan fingerprint density at radius 3 is 2.88 bits per heavy atom. The lowest BCUT2D eigenvalue weighted by molar-refractivity contribution is 0.100. The van der Waals surface area contributed by atoms with Crippen molar-refractivity contribution in [3.8, 4) is 17.0 Å². The number of anilines is 2. The first kappa shape index (κ1) is 20.9. The van der Waals surface area contributed by atoms with Gasteiger partial charge in [-0.15, -0.1) is 0 Å². The number of amides is 1. The molecule has 0 radical (unpaired) electrons. The standard InChI is InChI=1S/C24H25N7O2/c25-23(32)17-6-8-19(9-7-17)29-22-12-21(31-24(30-22)27-15-28-31)18-4-1-5-20(11-18)33-14-16-3-2-10-26-13-16/h1,4-9,11-12,15-16,26H,2-3,10,13-14H2,(H2,25,32)(H,27,28,29,30). The predicted octanol–water partition coefficient (Wildman–Crippen LogP) is 3.01. The number of benzene rings is 2. The molecule has 9 heteroatoms. The van der Waals surface area contributed by atoms with Gasteiger partial charge in [0.25, 0.3) is 5.78 Å². The summed E-state index contributed by atoms with van der Waals surface area (Å²) >= 11 is 0. The highest BCUT2D eigenvalue weighted by Crippen LogP contribution is 2.27. The molecule has 4 N–H and O–H groups in total. The molecule has 3 heterocycles. The molecule has 1 aliphatic heterocycles. The van der Waals surface area contributed by atoms with Gasteiger partial charge in [0.1, 0.15) is 17.9 Å². The molecular formula is C24H25N7O2. The number of hydrogen-bond acceptors (Lipinski definition) is 7. The van der Waals surface area contributed by atoms with Gasteiger partial charge in [-0.1, -0.05) is 12.1 Å². The average Bonchev–Trinajstić information content (AvgIpc) is 3.32. The van der Waals surface area contributed by atoms with Crippen LogP contribution in [0.5, 0.6) is 5.75 Å². The van der Waals surface area contributed by atoms with Gasteiger partial charge in [0.15, 0.2) is 0 Å². The van der Waals surface area contributed by atoms with Crippen molar-refractivity contribution in [3.05, 3.63) is 66.5 Å². The van der Waals surface area contributed by atoms with Crippen molar-refractivity contribution in [2.45, 2.75) is 12.8 Å². The van der Waals surface area contributed by atoms with Crippen LogP contribution in [0.3, 0.4) is 0 Å². The summed E-state index contributed by atoms with van der Waals surface area (Å²) in [7, 11) is 0. The second-order valence-corrected chi connectivity index (χ2v) is 8.12. The zero-order valence-electron chi connectivity index (χ0n) is 18.1. The molecule has 0 aliphatic carbocycles. The molecule has 9 nitrogen and oxygen atoms in total. The van der Waals surface area contributed by atoms with E-state index in [1.54, 1.807) is 28.8 Å². The van der Waals surface area contributed by atoms with E-state index in [4.69, 9.17) is 10.5 Å². The highest BCUT2D eigenvalue weighted by atomic mass is 16.5. The molecule has 0 bridgehead atoms. The van der Waals surface area contributed by atoms with Crippen LogP contribution >= 0.6 is 0 Å². The van der Waals surface area contributed by atoms with Crippen molar-refractivity contribution >= 4 is 23.2 Å². The lowest BCUT2D eigenvalue weighted by Crippen LogP contribution is -2.33. The lowest BCUT2D eigenvalue weighted by atomic mass is 10.0. The van der Waals surface area contributed by atoms with E-state index in [1.165, 1.54) is 19.2 Å². The first-order chi connectivity index (χ1) is 16.2. The number of carbonyl (C=O) groups is 1. The van der Waals surface area contributed by atoms with Crippen LogP contribution in [0.1, 0.15) is 23.2 Å².